The van der Waals surface area contributed by atoms with Crippen molar-refractivity contribution in [3.05, 3.63) is 58.6 Å². The Labute approximate surface area is 112 Å². The van der Waals surface area contributed by atoms with Gasteiger partial charge in [0.15, 0.2) is 0 Å². The van der Waals surface area contributed by atoms with E-state index in [1.807, 2.05) is 19.1 Å². The first-order valence-corrected chi connectivity index (χ1v) is 6.35. The summed E-state index contributed by atoms with van der Waals surface area (Å²) in [5.74, 6) is 0. The van der Waals surface area contributed by atoms with Crippen molar-refractivity contribution in [3.63, 3.8) is 0 Å². The summed E-state index contributed by atoms with van der Waals surface area (Å²) in [5, 5.41) is 4.16. The van der Waals surface area contributed by atoms with Gasteiger partial charge in [-0.2, -0.15) is 0 Å². The normalized spacial score (nSPS) is 12.4. The minimum Gasteiger partial charge on any atom is -0.305 e. The Balaban J connectivity index is 2.41. The first-order valence-electron chi connectivity index (χ1n) is 5.97. The Kier molecular flexibility index (Phi) is 4.28. The molecule has 0 radical (unpaired) electrons. The first kappa shape index (κ1) is 13.0. The van der Waals surface area contributed by atoms with E-state index in [2.05, 4.69) is 28.3 Å². The van der Waals surface area contributed by atoms with E-state index in [1.54, 1.807) is 18.6 Å². The van der Waals surface area contributed by atoms with E-state index in [0.717, 1.165) is 28.4 Å². The molecular formula is C14H16ClN3. The lowest BCUT2D eigenvalue weighted by molar-refractivity contribution is 0.612. The zero-order valence-electron chi connectivity index (χ0n) is 10.5. The largest absolute Gasteiger partial charge is 0.305 e. The fourth-order valence-corrected chi connectivity index (χ4v) is 2.29. The standard InChI is InChI=1S/C14H16ClN3/c1-3-17-14(13-9-16-4-5-18-13)11-6-10(2)7-12(15)8-11/h4-9,14,17H,3H2,1-2H3. The van der Waals surface area contributed by atoms with Gasteiger partial charge in [0.2, 0.25) is 0 Å². The predicted molar refractivity (Wildman–Crippen MR) is 73.7 cm³/mol. The molecule has 18 heavy (non-hydrogen) atoms. The lowest BCUT2D eigenvalue weighted by atomic mass is 10.0. The van der Waals surface area contributed by atoms with Crippen molar-refractivity contribution in [2.45, 2.75) is 19.9 Å². The molecule has 0 saturated carbocycles. The number of nitrogens with one attached hydrogen (secondary N) is 1. The second-order valence-corrected chi connectivity index (χ2v) is 4.62. The van der Waals surface area contributed by atoms with E-state index in [9.17, 15) is 0 Å². The average molecular weight is 262 g/mol. The quantitative estimate of drug-likeness (QED) is 0.919. The van der Waals surface area contributed by atoms with E-state index in [1.165, 1.54) is 0 Å². The molecule has 2 rings (SSSR count). The molecule has 0 aliphatic heterocycles. The summed E-state index contributed by atoms with van der Waals surface area (Å²) in [6, 6.07) is 6.07. The molecule has 0 spiro atoms. The second kappa shape index (κ2) is 5.94. The Hall–Kier alpha value is -1.45. The molecule has 1 aromatic carbocycles. The molecule has 0 aliphatic carbocycles. The van der Waals surface area contributed by atoms with Crippen LogP contribution < -0.4 is 5.32 Å². The fraction of sp³-hybridized carbons (Fsp3) is 0.286. The number of hydrogen-bond acceptors (Lipinski definition) is 3. The molecule has 0 fully saturated rings. The number of nitrogens with zero attached hydrogens (tertiary/aromatic N) is 2. The van der Waals surface area contributed by atoms with Crippen molar-refractivity contribution >= 4 is 11.6 Å². The third-order valence-corrected chi connectivity index (χ3v) is 2.90. The highest BCUT2D eigenvalue weighted by molar-refractivity contribution is 6.30. The highest BCUT2D eigenvalue weighted by atomic mass is 35.5. The van der Waals surface area contributed by atoms with E-state index < -0.39 is 0 Å². The van der Waals surface area contributed by atoms with Gasteiger partial charge in [0.05, 0.1) is 17.9 Å². The molecule has 1 unspecified atom stereocenters. The maximum absolute atomic E-state index is 6.12. The number of aromatic nitrogens is 2. The van der Waals surface area contributed by atoms with E-state index in [4.69, 9.17) is 11.6 Å². The maximum atomic E-state index is 6.12. The molecule has 2 aromatic rings. The maximum Gasteiger partial charge on any atom is 0.0801 e. The van der Waals surface area contributed by atoms with Gasteiger partial charge >= 0.3 is 0 Å². The van der Waals surface area contributed by atoms with Gasteiger partial charge < -0.3 is 5.32 Å². The third kappa shape index (κ3) is 3.06. The second-order valence-electron chi connectivity index (χ2n) is 4.18. The Morgan fingerprint density at radius 1 is 1.28 bits per heavy atom. The molecule has 94 valence electrons. The van der Waals surface area contributed by atoms with Crippen molar-refractivity contribution in [3.8, 4) is 0 Å². The van der Waals surface area contributed by atoms with Crippen LogP contribution in [0.1, 0.15) is 29.8 Å². The van der Waals surface area contributed by atoms with Gasteiger partial charge in [-0.05, 0) is 36.7 Å². The van der Waals surface area contributed by atoms with Crippen LogP contribution >= 0.6 is 11.6 Å². The highest BCUT2D eigenvalue weighted by Gasteiger charge is 2.15. The van der Waals surface area contributed by atoms with Crippen LogP contribution in [0.3, 0.4) is 0 Å². The Morgan fingerprint density at radius 3 is 2.72 bits per heavy atom. The van der Waals surface area contributed by atoms with Crippen LogP contribution in [0.4, 0.5) is 0 Å². The van der Waals surface area contributed by atoms with Crippen molar-refractivity contribution < 1.29 is 0 Å². The van der Waals surface area contributed by atoms with Crippen LogP contribution in [-0.2, 0) is 0 Å². The molecule has 0 bridgehead atoms. The van der Waals surface area contributed by atoms with E-state index >= 15 is 0 Å². The summed E-state index contributed by atoms with van der Waals surface area (Å²) in [5.41, 5.74) is 3.16. The summed E-state index contributed by atoms with van der Waals surface area (Å²) >= 11 is 6.12. The van der Waals surface area contributed by atoms with Crippen LogP contribution in [0.25, 0.3) is 0 Å². The molecule has 4 heteroatoms. The summed E-state index contributed by atoms with van der Waals surface area (Å²) in [7, 11) is 0. The predicted octanol–water partition coefficient (Wildman–Crippen LogP) is 3.14. The van der Waals surface area contributed by atoms with E-state index in [-0.39, 0.29) is 6.04 Å². The number of rotatable bonds is 4. The number of hydrogen-bond donors (Lipinski definition) is 1. The molecule has 0 amide bonds. The van der Waals surface area contributed by atoms with Crippen molar-refractivity contribution in [1.82, 2.24) is 15.3 Å². The number of halogens is 1. The van der Waals surface area contributed by atoms with Gasteiger partial charge in [-0.1, -0.05) is 24.6 Å². The molecule has 0 saturated heterocycles. The molecular weight excluding hydrogens is 246 g/mol. The van der Waals surface area contributed by atoms with Crippen LogP contribution in [-0.4, -0.2) is 16.5 Å². The summed E-state index contributed by atoms with van der Waals surface area (Å²) in [6.45, 7) is 4.96. The topological polar surface area (TPSA) is 37.8 Å². The monoisotopic (exact) mass is 261 g/mol. The summed E-state index contributed by atoms with van der Waals surface area (Å²) in [4.78, 5) is 8.49. The summed E-state index contributed by atoms with van der Waals surface area (Å²) in [6.07, 6.45) is 5.16. The van der Waals surface area contributed by atoms with Gasteiger partial charge in [0.25, 0.3) is 0 Å². The van der Waals surface area contributed by atoms with Gasteiger partial charge in [-0.3, -0.25) is 9.97 Å². The minimum atomic E-state index is 0.0288. The van der Waals surface area contributed by atoms with Gasteiger partial charge in [0, 0.05) is 17.4 Å². The van der Waals surface area contributed by atoms with E-state index in [0.29, 0.717) is 0 Å². The average Bonchev–Trinajstić information content (AvgIpc) is 2.36. The lowest BCUT2D eigenvalue weighted by Gasteiger charge is -2.18. The van der Waals surface area contributed by atoms with Gasteiger partial charge in [0.1, 0.15) is 0 Å². The molecule has 0 aliphatic rings. The van der Waals surface area contributed by atoms with Crippen molar-refractivity contribution in [2.24, 2.45) is 0 Å². The molecule has 1 N–H and O–H groups in total. The van der Waals surface area contributed by atoms with Crippen LogP contribution in [0, 0.1) is 6.92 Å². The fourth-order valence-electron chi connectivity index (χ4n) is 1.99. The minimum absolute atomic E-state index is 0.0288. The molecule has 3 nitrogen and oxygen atoms in total. The van der Waals surface area contributed by atoms with Crippen molar-refractivity contribution in [1.29, 1.82) is 0 Å². The van der Waals surface area contributed by atoms with Crippen LogP contribution in [0.5, 0.6) is 0 Å². The Morgan fingerprint density at radius 2 is 2.11 bits per heavy atom. The zero-order chi connectivity index (χ0) is 13.0. The Bertz CT molecular complexity index is 493. The zero-order valence-corrected chi connectivity index (χ0v) is 11.3. The highest BCUT2D eigenvalue weighted by Crippen LogP contribution is 2.24. The number of aryl methyl sites for hydroxylation is 1. The molecule has 1 atom stereocenters. The summed E-state index contributed by atoms with van der Waals surface area (Å²) < 4.78 is 0. The first-order chi connectivity index (χ1) is 8.70. The third-order valence-electron chi connectivity index (χ3n) is 2.68. The van der Waals surface area contributed by atoms with Gasteiger partial charge in [-0.25, -0.2) is 0 Å². The lowest BCUT2D eigenvalue weighted by Crippen LogP contribution is -2.23. The number of benzene rings is 1. The van der Waals surface area contributed by atoms with Crippen LogP contribution in [0.2, 0.25) is 5.02 Å². The van der Waals surface area contributed by atoms with Crippen LogP contribution in [0.15, 0.2) is 36.8 Å². The molecule has 1 aromatic heterocycles. The van der Waals surface area contributed by atoms with Crippen molar-refractivity contribution in [2.75, 3.05) is 6.54 Å². The molecule has 1 heterocycles. The SMILES string of the molecule is CCNC(c1cc(C)cc(Cl)c1)c1cnccn1. The smallest absolute Gasteiger partial charge is 0.0801 e. The van der Waals surface area contributed by atoms with Gasteiger partial charge in [-0.15, -0.1) is 0 Å².